The van der Waals surface area contributed by atoms with Gasteiger partial charge in [0.2, 0.25) is 9.84 Å². The van der Waals surface area contributed by atoms with Gasteiger partial charge in [0.1, 0.15) is 0 Å². The molecule has 1 N–H and O–H groups in total. The number of halogens is 2. The first kappa shape index (κ1) is 15.2. The van der Waals surface area contributed by atoms with Crippen molar-refractivity contribution in [1.29, 1.82) is 0 Å². The van der Waals surface area contributed by atoms with E-state index in [0.29, 0.717) is 12.2 Å². The van der Waals surface area contributed by atoms with Crippen LogP contribution in [0.5, 0.6) is 0 Å². The predicted molar refractivity (Wildman–Crippen MR) is 71.7 cm³/mol. The third kappa shape index (κ3) is 2.93. The third-order valence-electron chi connectivity index (χ3n) is 3.73. The van der Waals surface area contributed by atoms with Crippen LogP contribution in [0.3, 0.4) is 0 Å². The van der Waals surface area contributed by atoms with Crippen LogP contribution in [0.2, 0.25) is 0 Å². The Bertz CT molecular complexity index is 548. The predicted octanol–water partition coefficient (Wildman–Crippen LogP) is 2.66. The first-order valence-electron chi connectivity index (χ1n) is 6.31. The Hall–Kier alpha value is -1.21. The van der Waals surface area contributed by atoms with E-state index < -0.39 is 15.6 Å². The molecule has 0 amide bonds. The number of anilines is 1. The maximum absolute atomic E-state index is 12.4. The second-order valence-corrected chi connectivity index (χ2v) is 6.84. The zero-order valence-electron chi connectivity index (χ0n) is 11.1. The minimum absolute atomic E-state index is 0.159. The Labute approximate surface area is 117 Å². The van der Waals surface area contributed by atoms with Crippen LogP contribution in [0, 0.1) is 0 Å². The van der Waals surface area contributed by atoms with Gasteiger partial charge in [-0.1, -0.05) is 0 Å². The van der Waals surface area contributed by atoms with Crippen molar-refractivity contribution in [3.8, 4) is 0 Å². The zero-order valence-corrected chi connectivity index (χ0v) is 11.9. The second-order valence-electron chi connectivity index (χ2n) is 4.92. The third-order valence-corrected chi connectivity index (χ3v) is 5.13. The normalized spacial score (nSPS) is 17.8. The van der Waals surface area contributed by atoms with Gasteiger partial charge in [-0.05, 0) is 43.5 Å². The fraction of sp³-hybridized carbons (Fsp3) is 0.538. The molecule has 0 aliphatic heterocycles. The average Bonchev–Trinajstić information content (AvgIpc) is 2.38. The lowest BCUT2D eigenvalue weighted by Gasteiger charge is -2.40. The molecule has 1 fully saturated rings. The Morgan fingerprint density at radius 2 is 1.90 bits per heavy atom. The van der Waals surface area contributed by atoms with Gasteiger partial charge < -0.3 is 10.1 Å². The number of hydrogen-bond acceptors (Lipinski definition) is 4. The Morgan fingerprint density at radius 1 is 1.30 bits per heavy atom. The molecule has 0 bridgehead atoms. The highest BCUT2D eigenvalue weighted by Gasteiger charge is 2.36. The summed E-state index contributed by atoms with van der Waals surface area (Å²) >= 11 is 0. The number of ether oxygens (including phenoxy) is 1. The average molecular weight is 305 g/mol. The van der Waals surface area contributed by atoms with Crippen LogP contribution in [0.25, 0.3) is 0 Å². The van der Waals surface area contributed by atoms with Crippen molar-refractivity contribution in [3.63, 3.8) is 0 Å². The van der Waals surface area contributed by atoms with E-state index in [1.54, 1.807) is 7.11 Å². The van der Waals surface area contributed by atoms with Crippen molar-refractivity contribution in [2.45, 2.75) is 35.5 Å². The summed E-state index contributed by atoms with van der Waals surface area (Å²) in [5.41, 5.74) is 0.523. The largest absolute Gasteiger partial charge is 0.382 e. The highest BCUT2D eigenvalue weighted by molar-refractivity contribution is 7.91. The van der Waals surface area contributed by atoms with Gasteiger partial charge in [0.05, 0.1) is 10.5 Å². The molecule has 1 aliphatic rings. The molecule has 1 saturated carbocycles. The number of methoxy groups -OCH3 is 1. The molecule has 0 heterocycles. The summed E-state index contributed by atoms with van der Waals surface area (Å²) in [4.78, 5) is -0.372. The van der Waals surface area contributed by atoms with Gasteiger partial charge in [-0.3, -0.25) is 0 Å². The quantitative estimate of drug-likeness (QED) is 0.878. The van der Waals surface area contributed by atoms with Gasteiger partial charge in [-0.2, -0.15) is 8.78 Å². The second kappa shape index (κ2) is 5.65. The lowest BCUT2D eigenvalue weighted by molar-refractivity contribution is -0.0601. The fourth-order valence-electron chi connectivity index (χ4n) is 2.15. The lowest BCUT2D eigenvalue weighted by Crippen LogP contribution is -2.45. The lowest BCUT2D eigenvalue weighted by atomic mass is 9.80. The number of sulfone groups is 1. The Kier molecular flexibility index (Phi) is 4.29. The molecule has 1 aromatic carbocycles. The van der Waals surface area contributed by atoms with E-state index in [1.165, 1.54) is 24.3 Å². The van der Waals surface area contributed by atoms with Crippen molar-refractivity contribution >= 4 is 15.5 Å². The van der Waals surface area contributed by atoms with Gasteiger partial charge in [0.25, 0.3) is 0 Å². The smallest absolute Gasteiger partial charge is 0.341 e. The molecular weight excluding hydrogens is 288 g/mol. The molecule has 0 aromatic heterocycles. The van der Waals surface area contributed by atoms with Crippen molar-refractivity contribution in [1.82, 2.24) is 0 Å². The molecule has 0 unspecified atom stereocenters. The van der Waals surface area contributed by atoms with Crippen molar-refractivity contribution in [3.05, 3.63) is 24.3 Å². The monoisotopic (exact) mass is 305 g/mol. The Balaban J connectivity index is 2.02. The zero-order chi connectivity index (χ0) is 14.8. The summed E-state index contributed by atoms with van der Waals surface area (Å²) in [5, 5.41) is 3.14. The van der Waals surface area contributed by atoms with E-state index in [-0.39, 0.29) is 10.5 Å². The molecule has 4 nitrogen and oxygen atoms in total. The van der Waals surface area contributed by atoms with E-state index >= 15 is 0 Å². The highest BCUT2D eigenvalue weighted by atomic mass is 32.2. The van der Waals surface area contributed by atoms with Crippen molar-refractivity contribution in [2.24, 2.45) is 0 Å². The minimum atomic E-state index is -4.52. The fourth-order valence-corrected chi connectivity index (χ4v) is 2.87. The molecule has 20 heavy (non-hydrogen) atoms. The highest BCUT2D eigenvalue weighted by Crippen LogP contribution is 2.35. The topological polar surface area (TPSA) is 55.4 Å². The minimum Gasteiger partial charge on any atom is -0.382 e. The van der Waals surface area contributed by atoms with E-state index in [1.807, 2.05) is 0 Å². The maximum atomic E-state index is 12.4. The Morgan fingerprint density at radius 3 is 2.30 bits per heavy atom. The SMILES string of the molecule is COC1(CNc2ccc(S(=O)(=O)C(F)F)cc2)CCC1. The number of alkyl halides is 2. The van der Waals surface area contributed by atoms with Gasteiger partial charge in [-0.15, -0.1) is 0 Å². The van der Waals surface area contributed by atoms with Crippen LogP contribution in [-0.4, -0.2) is 33.4 Å². The van der Waals surface area contributed by atoms with Crippen LogP contribution in [0.15, 0.2) is 29.2 Å². The molecule has 0 spiro atoms. The summed E-state index contributed by atoms with van der Waals surface area (Å²) in [6.45, 7) is 0.616. The van der Waals surface area contributed by atoms with Crippen LogP contribution >= 0.6 is 0 Å². The summed E-state index contributed by atoms with van der Waals surface area (Å²) in [6.07, 6.45) is 3.09. The van der Waals surface area contributed by atoms with E-state index in [9.17, 15) is 17.2 Å². The van der Waals surface area contributed by atoms with Gasteiger partial charge >= 0.3 is 5.76 Å². The number of hydrogen-bond donors (Lipinski definition) is 1. The molecule has 7 heteroatoms. The summed E-state index contributed by atoms with van der Waals surface area (Å²) in [6, 6.07) is 5.34. The number of rotatable bonds is 6. The number of nitrogens with one attached hydrogen (secondary N) is 1. The van der Waals surface area contributed by atoms with Crippen LogP contribution in [0.4, 0.5) is 14.5 Å². The van der Waals surface area contributed by atoms with Gasteiger partial charge in [0, 0.05) is 19.3 Å². The van der Waals surface area contributed by atoms with E-state index in [2.05, 4.69) is 5.32 Å². The summed E-state index contributed by atoms with van der Waals surface area (Å²) < 4.78 is 52.8. The molecule has 1 aromatic rings. The molecular formula is C13H17F2NO3S. The van der Waals surface area contributed by atoms with E-state index in [4.69, 9.17) is 4.74 Å². The van der Waals surface area contributed by atoms with Crippen LogP contribution in [-0.2, 0) is 14.6 Å². The summed E-state index contributed by atoms with van der Waals surface area (Å²) in [5.74, 6) is -3.40. The number of benzene rings is 1. The van der Waals surface area contributed by atoms with Gasteiger partial charge in [-0.25, -0.2) is 8.42 Å². The first-order valence-corrected chi connectivity index (χ1v) is 7.85. The first-order chi connectivity index (χ1) is 9.39. The van der Waals surface area contributed by atoms with Crippen LogP contribution < -0.4 is 5.32 Å². The maximum Gasteiger partial charge on any atom is 0.341 e. The van der Waals surface area contributed by atoms with Crippen molar-refractivity contribution < 1.29 is 21.9 Å². The molecule has 2 rings (SSSR count). The molecule has 1 aliphatic carbocycles. The molecule has 0 radical (unpaired) electrons. The molecule has 0 atom stereocenters. The summed E-state index contributed by atoms with van der Waals surface area (Å²) in [7, 11) is -2.86. The van der Waals surface area contributed by atoms with Crippen molar-refractivity contribution in [2.75, 3.05) is 19.0 Å². The van der Waals surface area contributed by atoms with E-state index in [0.717, 1.165) is 19.3 Å². The standard InChI is InChI=1S/C13H17F2NO3S/c1-19-13(7-2-8-13)9-16-10-3-5-11(6-4-10)20(17,18)12(14)15/h3-6,12,16H,2,7-9H2,1H3. The molecule has 112 valence electrons. The molecule has 0 saturated heterocycles. The van der Waals surface area contributed by atoms with Gasteiger partial charge in [0.15, 0.2) is 0 Å². The van der Waals surface area contributed by atoms with Crippen LogP contribution in [0.1, 0.15) is 19.3 Å².